The van der Waals surface area contributed by atoms with Crippen LogP contribution in [0.25, 0.3) is 0 Å². The van der Waals surface area contributed by atoms with Gasteiger partial charge in [-0.15, -0.1) is 0 Å². The number of carbonyl (C=O) groups is 1. The second kappa shape index (κ2) is 5.50. The Hall–Kier alpha value is -1.72. The van der Waals surface area contributed by atoms with Gasteiger partial charge in [-0.05, 0) is 30.3 Å². The largest absolute Gasteiger partial charge is 0.454 e. The highest BCUT2D eigenvalue weighted by Crippen LogP contribution is 2.35. The lowest BCUT2D eigenvalue weighted by atomic mass is 10.1. The van der Waals surface area contributed by atoms with E-state index < -0.39 is 5.91 Å². The Morgan fingerprint density at radius 3 is 2.63 bits per heavy atom. The predicted molar refractivity (Wildman–Crippen MR) is 78.6 cm³/mol. The molecular weight excluding hydrogens is 332 g/mol. The Bertz CT molecular complexity index is 647. The number of rotatable bonds is 3. The Kier molecular flexibility index (Phi) is 3.97. The van der Waals surface area contributed by atoms with Gasteiger partial charge in [0.05, 0.1) is 16.3 Å². The van der Waals surface area contributed by atoms with Gasteiger partial charge in [0.2, 0.25) is 0 Å². The number of para-hydroxylation sites is 1. The van der Waals surface area contributed by atoms with Gasteiger partial charge in [0, 0.05) is 4.47 Å². The van der Waals surface area contributed by atoms with E-state index in [-0.39, 0.29) is 11.3 Å². The monoisotopic (exact) mass is 340 g/mol. The second-order valence-electron chi connectivity index (χ2n) is 3.76. The van der Waals surface area contributed by atoms with E-state index in [2.05, 4.69) is 15.9 Å². The molecule has 0 saturated heterocycles. The molecular formula is C13H10BrClN2O2. The first-order valence-electron chi connectivity index (χ1n) is 5.30. The summed E-state index contributed by atoms with van der Waals surface area (Å²) in [5.41, 5.74) is 11.5. The van der Waals surface area contributed by atoms with Crippen molar-refractivity contribution >= 4 is 39.1 Å². The fourth-order valence-electron chi connectivity index (χ4n) is 1.52. The van der Waals surface area contributed by atoms with Gasteiger partial charge < -0.3 is 16.2 Å². The van der Waals surface area contributed by atoms with Crippen molar-refractivity contribution in [3.8, 4) is 11.5 Å². The van der Waals surface area contributed by atoms with Gasteiger partial charge >= 0.3 is 0 Å². The van der Waals surface area contributed by atoms with E-state index in [9.17, 15) is 4.79 Å². The molecule has 4 nitrogen and oxygen atoms in total. The molecule has 0 atom stereocenters. The molecule has 2 aromatic carbocycles. The zero-order chi connectivity index (χ0) is 14.0. The van der Waals surface area contributed by atoms with Crippen LogP contribution in [0.1, 0.15) is 10.4 Å². The summed E-state index contributed by atoms with van der Waals surface area (Å²) in [5.74, 6) is 0.156. The van der Waals surface area contributed by atoms with E-state index in [4.69, 9.17) is 27.8 Å². The summed E-state index contributed by atoms with van der Waals surface area (Å²) in [7, 11) is 0. The van der Waals surface area contributed by atoms with Crippen molar-refractivity contribution in [2.24, 2.45) is 5.73 Å². The van der Waals surface area contributed by atoms with Gasteiger partial charge in [-0.3, -0.25) is 4.79 Å². The van der Waals surface area contributed by atoms with Crippen molar-refractivity contribution in [3.63, 3.8) is 0 Å². The smallest absolute Gasteiger partial charge is 0.250 e. The van der Waals surface area contributed by atoms with Gasteiger partial charge in [0.15, 0.2) is 5.75 Å². The number of nitrogens with two attached hydrogens (primary N) is 2. The topological polar surface area (TPSA) is 78.3 Å². The molecule has 0 heterocycles. The van der Waals surface area contributed by atoms with Crippen molar-refractivity contribution in [3.05, 3.63) is 51.5 Å². The highest BCUT2D eigenvalue weighted by atomic mass is 79.9. The van der Waals surface area contributed by atoms with Crippen LogP contribution in [0.15, 0.2) is 40.9 Å². The van der Waals surface area contributed by atoms with E-state index in [0.717, 1.165) is 4.47 Å². The van der Waals surface area contributed by atoms with Gasteiger partial charge in [-0.25, -0.2) is 0 Å². The van der Waals surface area contributed by atoms with Gasteiger partial charge in [0.25, 0.3) is 5.91 Å². The molecule has 19 heavy (non-hydrogen) atoms. The minimum absolute atomic E-state index is 0.186. The number of hydrogen-bond donors (Lipinski definition) is 2. The molecule has 2 rings (SSSR count). The Morgan fingerprint density at radius 1 is 1.21 bits per heavy atom. The van der Waals surface area contributed by atoms with Crippen LogP contribution in [-0.2, 0) is 0 Å². The molecule has 98 valence electrons. The highest BCUT2D eigenvalue weighted by Gasteiger charge is 2.12. The fourth-order valence-corrected chi connectivity index (χ4v) is 2.02. The Balaban J connectivity index is 2.41. The van der Waals surface area contributed by atoms with Crippen LogP contribution in [0.2, 0.25) is 5.02 Å². The minimum Gasteiger partial charge on any atom is -0.454 e. The maximum absolute atomic E-state index is 11.2. The lowest BCUT2D eigenvalue weighted by Gasteiger charge is -2.11. The molecule has 1 amide bonds. The number of amides is 1. The molecule has 0 aliphatic heterocycles. The molecule has 0 aliphatic carbocycles. The molecule has 0 fully saturated rings. The number of nitrogen functional groups attached to an aromatic ring is 1. The lowest BCUT2D eigenvalue weighted by Crippen LogP contribution is -2.13. The second-order valence-corrected chi connectivity index (χ2v) is 5.08. The number of carbonyl (C=O) groups excluding carboxylic acids is 1. The third-order valence-corrected chi connectivity index (χ3v) is 3.25. The summed E-state index contributed by atoms with van der Waals surface area (Å²) in [4.78, 5) is 11.2. The summed E-state index contributed by atoms with van der Waals surface area (Å²) in [6.45, 7) is 0. The van der Waals surface area contributed by atoms with E-state index >= 15 is 0 Å². The number of halogens is 2. The maximum atomic E-state index is 11.2. The van der Waals surface area contributed by atoms with E-state index in [1.807, 2.05) is 0 Å². The quantitative estimate of drug-likeness (QED) is 0.838. The standard InChI is InChI=1S/C13H10BrClN2O2/c14-7-4-5-9(15)11(6-7)19-10-3-1-2-8(12(10)16)13(17)18/h1-6H,16H2,(H2,17,18). The summed E-state index contributed by atoms with van der Waals surface area (Å²) in [6.07, 6.45) is 0. The van der Waals surface area contributed by atoms with Crippen LogP contribution in [0.5, 0.6) is 11.5 Å². The predicted octanol–water partition coefficient (Wildman–Crippen LogP) is 3.58. The summed E-state index contributed by atoms with van der Waals surface area (Å²) in [6, 6.07) is 10.00. The first kappa shape index (κ1) is 13.7. The fraction of sp³-hybridized carbons (Fsp3) is 0. The van der Waals surface area contributed by atoms with Crippen LogP contribution >= 0.6 is 27.5 Å². The third-order valence-electron chi connectivity index (χ3n) is 2.44. The lowest BCUT2D eigenvalue weighted by molar-refractivity contribution is 0.100. The van der Waals surface area contributed by atoms with Gasteiger partial charge in [-0.2, -0.15) is 0 Å². The Labute approximate surface area is 123 Å². The van der Waals surface area contributed by atoms with Crippen molar-refractivity contribution < 1.29 is 9.53 Å². The molecule has 0 aromatic heterocycles. The molecule has 0 unspecified atom stereocenters. The molecule has 4 N–H and O–H groups in total. The number of anilines is 1. The van der Waals surface area contributed by atoms with Crippen LogP contribution in [0, 0.1) is 0 Å². The summed E-state index contributed by atoms with van der Waals surface area (Å²) >= 11 is 9.34. The van der Waals surface area contributed by atoms with Crippen LogP contribution < -0.4 is 16.2 Å². The highest BCUT2D eigenvalue weighted by molar-refractivity contribution is 9.10. The van der Waals surface area contributed by atoms with Crippen LogP contribution in [0.3, 0.4) is 0 Å². The number of primary amides is 1. The summed E-state index contributed by atoms with van der Waals surface area (Å²) in [5, 5.41) is 0.437. The van der Waals surface area contributed by atoms with Gasteiger partial charge in [-0.1, -0.05) is 33.6 Å². The first-order chi connectivity index (χ1) is 8.99. The summed E-state index contributed by atoms with van der Waals surface area (Å²) < 4.78 is 6.43. The van der Waals surface area contributed by atoms with E-state index in [1.165, 1.54) is 6.07 Å². The van der Waals surface area contributed by atoms with Crippen LogP contribution in [0.4, 0.5) is 5.69 Å². The molecule has 0 spiro atoms. The van der Waals surface area contributed by atoms with Crippen molar-refractivity contribution in [1.29, 1.82) is 0 Å². The molecule has 0 aliphatic rings. The van der Waals surface area contributed by atoms with E-state index in [1.54, 1.807) is 30.3 Å². The third kappa shape index (κ3) is 3.00. The SMILES string of the molecule is NC(=O)c1cccc(Oc2cc(Br)ccc2Cl)c1N. The Morgan fingerprint density at radius 2 is 1.95 bits per heavy atom. The maximum Gasteiger partial charge on any atom is 0.250 e. The van der Waals surface area contributed by atoms with Gasteiger partial charge in [0.1, 0.15) is 5.75 Å². The average Bonchev–Trinajstić information content (AvgIpc) is 2.36. The number of ether oxygens (including phenoxy) is 1. The zero-order valence-corrected chi connectivity index (χ0v) is 12.0. The minimum atomic E-state index is -0.608. The zero-order valence-electron chi connectivity index (χ0n) is 9.69. The first-order valence-corrected chi connectivity index (χ1v) is 6.47. The van der Waals surface area contributed by atoms with E-state index in [0.29, 0.717) is 16.5 Å². The van der Waals surface area contributed by atoms with Crippen molar-refractivity contribution in [2.75, 3.05) is 5.73 Å². The van der Waals surface area contributed by atoms with Crippen molar-refractivity contribution in [1.82, 2.24) is 0 Å². The molecule has 0 saturated carbocycles. The molecule has 0 radical (unpaired) electrons. The number of benzene rings is 2. The molecule has 2 aromatic rings. The number of hydrogen-bond acceptors (Lipinski definition) is 3. The normalized spacial score (nSPS) is 10.2. The molecule has 6 heteroatoms. The average molecular weight is 342 g/mol. The molecule has 0 bridgehead atoms. The van der Waals surface area contributed by atoms with Crippen molar-refractivity contribution in [2.45, 2.75) is 0 Å². The van der Waals surface area contributed by atoms with Crippen LogP contribution in [-0.4, -0.2) is 5.91 Å².